The number of rotatable bonds is 4. The molecule has 0 bridgehead atoms. The Hall–Kier alpha value is -4.12. The van der Waals surface area contributed by atoms with E-state index in [9.17, 15) is 20.2 Å². The lowest BCUT2D eigenvalue weighted by atomic mass is 10.0. The van der Waals surface area contributed by atoms with E-state index in [-0.39, 0.29) is 22.6 Å². The first-order chi connectivity index (χ1) is 13.0. The van der Waals surface area contributed by atoms with Gasteiger partial charge < -0.3 is 15.0 Å². The molecule has 0 spiro atoms. The molecule has 8 nitrogen and oxygen atoms in total. The van der Waals surface area contributed by atoms with E-state index in [4.69, 9.17) is 10.5 Å². The molecule has 0 saturated heterocycles. The van der Waals surface area contributed by atoms with Gasteiger partial charge in [-0.3, -0.25) is 10.1 Å². The Morgan fingerprint density at radius 1 is 1.22 bits per heavy atom. The summed E-state index contributed by atoms with van der Waals surface area (Å²) in [7, 11) is 1.22. The molecule has 0 atom stereocenters. The highest BCUT2D eigenvalue weighted by molar-refractivity contribution is 5.96. The molecule has 2 aromatic carbocycles. The van der Waals surface area contributed by atoms with Crippen LogP contribution in [0, 0.1) is 21.4 Å². The first-order valence-corrected chi connectivity index (χ1v) is 7.81. The van der Waals surface area contributed by atoms with E-state index in [0.717, 1.165) is 0 Å². The number of para-hydroxylation sites is 1. The SMILES string of the molecule is COC(=O)c1c(N)c(C#N)cn1-c1ccc(-c2ccccc2[N+](=O)[O-])cc1. The number of hydrogen-bond acceptors (Lipinski definition) is 6. The summed E-state index contributed by atoms with van der Waals surface area (Å²) in [6.07, 6.45) is 1.45. The van der Waals surface area contributed by atoms with Crippen molar-refractivity contribution in [3.8, 4) is 22.9 Å². The van der Waals surface area contributed by atoms with Crippen LogP contribution in [0.4, 0.5) is 11.4 Å². The number of anilines is 1. The number of hydrogen-bond donors (Lipinski definition) is 1. The lowest BCUT2D eigenvalue weighted by Crippen LogP contribution is -2.11. The van der Waals surface area contributed by atoms with Gasteiger partial charge in [0.1, 0.15) is 6.07 Å². The molecule has 3 rings (SSSR count). The second-order valence-electron chi connectivity index (χ2n) is 5.60. The van der Waals surface area contributed by atoms with Crippen LogP contribution in [0.25, 0.3) is 16.8 Å². The fraction of sp³-hybridized carbons (Fsp3) is 0.0526. The van der Waals surface area contributed by atoms with Crippen molar-refractivity contribution < 1.29 is 14.5 Å². The zero-order valence-corrected chi connectivity index (χ0v) is 14.2. The van der Waals surface area contributed by atoms with Crippen molar-refractivity contribution in [2.75, 3.05) is 12.8 Å². The zero-order valence-electron chi connectivity index (χ0n) is 14.2. The predicted octanol–water partition coefficient (Wildman–Crippen LogP) is 3.29. The largest absolute Gasteiger partial charge is 0.464 e. The molecule has 0 saturated carbocycles. The van der Waals surface area contributed by atoms with Gasteiger partial charge in [-0.1, -0.05) is 24.3 Å². The number of benzene rings is 2. The minimum Gasteiger partial charge on any atom is -0.464 e. The molecule has 8 heteroatoms. The monoisotopic (exact) mass is 362 g/mol. The maximum Gasteiger partial charge on any atom is 0.357 e. The second kappa shape index (κ2) is 7.01. The van der Waals surface area contributed by atoms with Crippen LogP contribution in [0.5, 0.6) is 0 Å². The van der Waals surface area contributed by atoms with Gasteiger partial charge in [0.25, 0.3) is 5.69 Å². The smallest absolute Gasteiger partial charge is 0.357 e. The van der Waals surface area contributed by atoms with Gasteiger partial charge in [-0.15, -0.1) is 0 Å². The average molecular weight is 362 g/mol. The van der Waals surface area contributed by atoms with Gasteiger partial charge in [0, 0.05) is 18.0 Å². The predicted molar refractivity (Wildman–Crippen MR) is 98.3 cm³/mol. The molecule has 0 aliphatic rings. The standard InChI is InChI=1S/C19H14N4O4/c1-27-19(24)18-17(21)13(10-20)11-22(18)14-8-6-12(7-9-14)15-4-2-3-5-16(15)23(25)26/h2-9,11H,21H2,1H3. The van der Waals surface area contributed by atoms with Crippen molar-refractivity contribution in [2.45, 2.75) is 0 Å². The molecular formula is C19H14N4O4. The highest BCUT2D eigenvalue weighted by Crippen LogP contribution is 2.31. The van der Waals surface area contributed by atoms with Gasteiger partial charge in [0.2, 0.25) is 0 Å². The molecule has 1 aromatic heterocycles. The molecular weight excluding hydrogens is 348 g/mol. The maximum atomic E-state index is 12.1. The number of ether oxygens (including phenoxy) is 1. The van der Waals surface area contributed by atoms with Gasteiger partial charge >= 0.3 is 5.97 Å². The number of carbonyl (C=O) groups excluding carboxylic acids is 1. The van der Waals surface area contributed by atoms with Crippen LogP contribution in [0.1, 0.15) is 16.1 Å². The van der Waals surface area contributed by atoms with Gasteiger partial charge in [0.15, 0.2) is 5.69 Å². The van der Waals surface area contributed by atoms with Crippen molar-refractivity contribution in [3.05, 3.63) is 76.1 Å². The van der Waals surface area contributed by atoms with E-state index in [2.05, 4.69) is 0 Å². The molecule has 0 fully saturated rings. The average Bonchev–Trinajstić information content (AvgIpc) is 3.03. The third-order valence-electron chi connectivity index (χ3n) is 4.10. The molecule has 0 unspecified atom stereocenters. The molecule has 3 aromatic rings. The highest BCUT2D eigenvalue weighted by Gasteiger charge is 2.22. The lowest BCUT2D eigenvalue weighted by Gasteiger charge is -2.10. The summed E-state index contributed by atoms with van der Waals surface area (Å²) < 4.78 is 6.21. The van der Waals surface area contributed by atoms with Crippen LogP contribution in [-0.2, 0) is 4.74 Å². The summed E-state index contributed by atoms with van der Waals surface area (Å²) in [6, 6.07) is 15.1. The summed E-state index contributed by atoms with van der Waals surface area (Å²) in [5.41, 5.74) is 7.80. The van der Waals surface area contributed by atoms with Crippen molar-refractivity contribution in [3.63, 3.8) is 0 Å². The number of nitro benzene ring substituents is 1. The minimum atomic E-state index is -0.670. The Morgan fingerprint density at radius 3 is 2.48 bits per heavy atom. The second-order valence-corrected chi connectivity index (χ2v) is 5.60. The fourth-order valence-electron chi connectivity index (χ4n) is 2.80. The molecule has 27 heavy (non-hydrogen) atoms. The van der Waals surface area contributed by atoms with E-state index >= 15 is 0 Å². The van der Waals surface area contributed by atoms with Crippen LogP contribution in [0.3, 0.4) is 0 Å². The molecule has 1 heterocycles. The Balaban J connectivity index is 2.09. The van der Waals surface area contributed by atoms with Crippen molar-refractivity contribution in [1.82, 2.24) is 4.57 Å². The number of carbonyl (C=O) groups is 1. The summed E-state index contributed by atoms with van der Waals surface area (Å²) in [6.45, 7) is 0. The molecule has 134 valence electrons. The summed E-state index contributed by atoms with van der Waals surface area (Å²) in [5, 5.41) is 20.4. The third kappa shape index (κ3) is 3.09. The molecule has 0 aliphatic carbocycles. The molecule has 0 radical (unpaired) electrons. The van der Waals surface area contributed by atoms with E-state index in [0.29, 0.717) is 16.8 Å². The number of aromatic nitrogens is 1. The van der Waals surface area contributed by atoms with E-state index < -0.39 is 10.9 Å². The number of nitriles is 1. The topological polar surface area (TPSA) is 124 Å². The molecule has 0 amide bonds. The molecule has 0 aliphatic heterocycles. The van der Waals surface area contributed by atoms with Crippen molar-refractivity contribution in [2.24, 2.45) is 0 Å². The zero-order chi connectivity index (χ0) is 19.6. The van der Waals surface area contributed by atoms with Crippen LogP contribution < -0.4 is 5.73 Å². The number of methoxy groups -OCH3 is 1. The van der Waals surface area contributed by atoms with E-state index in [1.54, 1.807) is 42.5 Å². The van der Waals surface area contributed by atoms with Gasteiger partial charge in [0.05, 0.1) is 28.8 Å². The maximum absolute atomic E-state index is 12.1. The van der Waals surface area contributed by atoms with E-state index in [1.807, 2.05) is 6.07 Å². The highest BCUT2D eigenvalue weighted by atomic mass is 16.6. The normalized spacial score (nSPS) is 10.2. The first kappa shape index (κ1) is 17.7. The number of nitrogens with two attached hydrogens (primary N) is 1. The lowest BCUT2D eigenvalue weighted by molar-refractivity contribution is -0.384. The molecule has 2 N–H and O–H groups in total. The van der Waals surface area contributed by atoms with Crippen LogP contribution >= 0.6 is 0 Å². The summed E-state index contributed by atoms with van der Waals surface area (Å²) in [5.74, 6) is -0.670. The van der Waals surface area contributed by atoms with Crippen molar-refractivity contribution in [1.29, 1.82) is 5.26 Å². The number of nitrogens with zero attached hydrogens (tertiary/aromatic N) is 3. The third-order valence-corrected chi connectivity index (χ3v) is 4.10. The first-order valence-electron chi connectivity index (χ1n) is 7.81. The summed E-state index contributed by atoms with van der Waals surface area (Å²) in [4.78, 5) is 22.8. The Labute approximate surface area is 154 Å². The number of esters is 1. The fourth-order valence-corrected chi connectivity index (χ4v) is 2.80. The van der Waals surface area contributed by atoms with Crippen LogP contribution in [0.2, 0.25) is 0 Å². The number of nitrogen functional groups attached to an aromatic ring is 1. The quantitative estimate of drug-likeness (QED) is 0.431. The van der Waals surface area contributed by atoms with Gasteiger partial charge in [-0.05, 0) is 23.8 Å². The Morgan fingerprint density at radius 2 is 1.89 bits per heavy atom. The summed E-state index contributed by atoms with van der Waals surface area (Å²) >= 11 is 0. The minimum absolute atomic E-state index is 0.00234. The Kier molecular flexibility index (Phi) is 4.60. The van der Waals surface area contributed by atoms with Crippen molar-refractivity contribution >= 4 is 17.3 Å². The number of nitro groups is 1. The van der Waals surface area contributed by atoms with E-state index in [1.165, 1.54) is 23.9 Å². The Bertz CT molecular complexity index is 1080. The van der Waals surface area contributed by atoms with Gasteiger partial charge in [-0.25, -0.2) is 4.79 Å². The van der Waals surface area contributed by atoms with Gasteiger partial charge in [-0.2, -0.15) is 5.26 Å². The van der Waals surface area contributed by atoms with Crippen LogP contribution in [0.15, 0.2) is 54.7 Å². The van der Waals surface area contributed by atoms with Crippen LogP contribution in [-0.4, -0.2) is 22.6 Å².